The summed E-state index contributed by atoms with van der Waals surface area (Å²) in [5, 5.41) is 11.8. The van der Waals surface area contributed by atoms with E-state index >= 15 is 4.39 Å². The fourth-order valence-electron chi connectivity index (χ4n) is 7.24. The predicted octanol–water partition coefficient (Wildman–Crippen LogP) is 7.54. The maximum absolute atomic E-state index is 15.9. The van der Waals surface area contributed by atoms with Crippen LogP contribution in [0.1, 0.15) is 57.1 Å². The van der Waals surface area contributed by atoms with Gasteiger partial charge in [0.05, 0.1) is 35.6 Å². The molecule has 2 aromatic carbocycles. The van der Waals surface area contributed by atoms with Crippen molar-refractivity contribution < 1.29 is 40.6 Å². The number of likely N-dealkylation sites (tertiary alicyclic amines) is 1. The summed E-state index contributed by atoms with van der Waals surface area (Å²) in [6.45, 7) is 7.04. The molecular formula is C36H41F6N7O3S. The van der Waals surface area contributed by atoms with E-state index in [1.54, 1.807) is 27.0 Å². The number of anilines is 2. The molecular weight excluding hydrogens is 724 g/mol. The molecule has 0 bridgehead atoms. The topological polar surface area (TPSA) is 130 Å². The van der Waals surface area contributed by atoms with Crippen molar-refractivity contribution in [2.24, 2.45) is 0 Å². The Hall–Kier alpha value is -4.40. The van der Waals surface area contributed by atoms with Gasteiger partial charge in [0.25, 0.3) is 0 Å². The van der Waals surface area contributed by atoms with Crippen LogP contribution in [-0.4, -0.2) is 90.9 Å². The summed E-state index contributed by atoms with van der Waals surface area (Å²) >= 11 is 0.698. The van der Waals surface area contributed by atoms with Crippen LogP contribution in [-0.2, 0) is 15.7 Å². The number of nitrogens with two attached hydrogens (primary N) is 1. The largest absolute Gasteiger partial charge is 0.467 e. The number of aromatic nitrogens is 2. The van der Waals surface area contributed by atoms with Crippen LogP contribution in [0.3, 0.4) is 0 Å². The minimum Gasteiger partial charge on any atom is -0.467 e. The first kappa shape index (κ1) is 39.8. The maximum atomic E-state index is 15.9. The van der Waals surface area contributed by atoms with Gasteiger partial charge in [-0.3, -0.25) is 9.69 Å². The van der Waals surface area contributed by atoms with E-state index in [0.29, 0.717) is 36.6 Å². The molecule has 0 radical (unpaired) electrons. The number of ether oxygens (including phenoxy) is 2. The zero-order valence-corrected chi connectivity index (χ0v) is 30.6. The standard InChI is InChI=1S/C21H14F5N5OS.C8H15NO2.C7H12FN/c1-3-29-19-9-6-11(21(24,25)26)14(15(23)16(9)30-20(31-19)32-2)8-4-5-12(22)17-13(8)10(7-27)18(28)33-17;1-7(10)9-5-3-4-8(9)6-11-2;8-6-4-7-2-1-3-9(7)5-6/h4-6H,3,28H2,1-2H3,(H,29,30,31);8H,3-6H2,1-2H3;6-7H,1-5H2. The zero-order chi connectivity index (χ0) is 38.6. The molecule has 4 aromatic rings. The Morgan fingerprint density at radius 3 is 2.53 bits per heavy atom. The molecule has 17 heteroatoms. The summed E-state index contributed by atoms with van der Waals surface area (Å²) < 4.78 is 95.2. The Kier molecular flexibility index (Phi) is 12.6. The minimum atomic E-state index is -5.00. The molecule has 3 saturated heterocycles. The van der Waals surface area contributed by atoms with Gasteiger partial charge >= 0.3 is 12.2 Å². The number of carbonyl (C=O) groups excluding carboxylic acids is 1. The molecule has 3 atom stereocenters. The summed E-state index contributed by atoms with van der Waals surface area (Å²) in [4.78, 5) is 23.1. The molecule has 0 spiro atoms. The molecule has 3 aliphatic heterocycles. The number of nitriles is 1. The summed E-state index contributed by atoms with van der Waals surface area (Å²) in [6, 6.07) is 5.08. The number of alkyl halides is 4. The summed E-state index contributed by atoms with van der Waals surface area (Å²) in [5.74, 6) is -1.98. The van der Waals surface area contributed by atoms with Gasteiger partial charge in [-0.05, 0) is 63.3 Å². The number of nitrogen functional groups attached to an aromatic ring is 1. The van der Waals surface area contributed by atoms with E-state index in [-0.39, 0.29) is 55.9 Å². The third-order valence-corrected chi connectivity index (χ3v) is 10.6. The quantitative estimate of drug-likeness (QED) is 0.191. The minimum absolute atomic E-state index is 0.0444. The average molecular weight is 766 g/mol. The highest BCUT2D eigenvalue weighted by Crippen LogP contribution is 2.47. The number of methoxy groups -OCH3 is 2. The van der Waals surface area contributed by atoms with Gasteiger partial charge in [0.15, 0.2) is 5.82 Å². The van der Waals surface area contributed by atoms with Crippen LogP contribution in [0.4, 0.5) is 37.2 Å². The van der Waals surface area contributed by atoms with Crippen molar-refractivity contribution in [3.63, 3.8) is 0 Å². The molecule has 7 rings (SSSR count). The number of carbonyl (C=O) groups is 1. The Labute approximate surface area is 306 Å². The Morgan fingerprint density at radius 2 is 1.91 bits per heavy atom. The van der Waals surface area contributed by atoms with Crippen molar-refractivity contribution in [1.29, 1.82) is 5.26 Å². The third-order valence-electron chi connectivity index (χ3n) is 9.54. The molecule has 53 heavy (non-hydrogen) atoms. The van der Waals surface area contributed by atoms with Gasteiger partial charge in [-0.15, -0.1) is 11.3 Å². The van der Waals surface area contributed by atoms with Crippen LogP contribution in [0.2, 0.25) is 0 Å². The van der Waals surface area contributed by atoms with Gasteiger partial charge in [0, 0.05) is 56.0 Å². The number of rotatable bonds is 6. The predicted molar refractivity (Wildman–Crippen MR) is 192 cm³/mol. The number of nitrogens with one attached hydrogen (secondary N) is 1. The zero-order valence-electron chi connectivity index (χ0n) is 29.7. The molecule has 10 nitrogen and oxygen atoms in total. The van der Waals surface area contributed by atoms with Gasteiger partial charge < -0.3 is 25.4 Å². The molecule has 2 aromatic heterocycles. The number of fused-ring (bicyclic) bond motifs is 3. The van der Waals surface area contributed by atoms with Crippen molar-refractivity contribution in [3.8, 4) is 23.2 Å². The van der Waals surface area contributed by atoms with Crippen molar-refractivity contribution in [1.82, 2.24) is 19.8 Å². The third kappa shape index (κ3) is 8.39. The summed E-state index contributed by atoms with van der Waals surface area (Å²) in [7, 11) is 2.91. The Morgan fingerprint density at radius 1 is 1.17 bits per heavy atom. The first-order chi connectivity index (χ1) is 25.2. The first-order valence-corrected chi connectivity index (χ1v) is 18.0. The number of hydrogen-bond donors (Lipinski definition) is 2. The van der Waals surface area contributed by atoms with E-state index in [9.17, 15) is 32.0 Å². The Balaban J connectivity index is 0.000000217. The lowest BCUT2D eigenvalue weighted by Crippen LogP contribution is -2.36. The smallest absolute Gasteiger partial charge is 0.417 e. The highest BCUT2D eigenvalue weighted by atomic mass is 32.1. The van der Waals surface area contributed by atoms with Crippen molar-refractivity contribution in [2.45, 2.75) is 70.4 Å². The van der Waals surface area contributed by atoms with Gasteiger partial charge in [0.1, 0.15) is 34.4 Å². The summed E-state index contributed by atoms with van der Waals surface area (Å²) in [5.41, 5.74) is 2.59. The molecule has 0 saturated carbocycles. The molecule has 286 valence electrons. The number of thiophene rings is 1. The number of hydrogen-bond acceptors (Lipinski definition) is 10. The molecule has 3 aliphatic rings. The van der Waals surface area contributed by atoms with Crippen molar-refractivity contribution in [2.75, 3.05) is 58.1 Å². The van der Waals surface area contributed by atoms with E-state index < -0.39 is 40.6 Å². The lowest BCUT2D eigenvalue weighted by Gasteiger charge is -2.22. The van der Waals surface area contributed by atoms with Crippen LogP contribution in [0.25, 0.3) is 32.1 Å². The lowest BCUT2D eigenvalue weighted by molar-refractivity contribution is -0.137. The van der Waals surface area contributed by atoms with E-state index in [2.05, 4.69) is 20.2 Å². The van der Waals surface area contributed by atoms with Gasteiger partial charge in [-0.2, -0.15) is 28.4 Å². The van der Waals surface area contributed by atoms with Gasteiger partial charge in [0.2, 0.25) is 5.91 Å². The van der Waals surface area contributed by atoms with Crippen molar-refractivity contribution in [3.05, 3.63) is 41.0 Å². The average Bonchev–Trinajstić information content (AvgIpc) is 3.90. The summed E-state index contributed by atoms with van der Waals surface area (Å²) in [6.07, 6.45) is 0.0251. The van der Waals surface area contributed by atoms with Crippen LogP contribution >= 0.6 is 11.3 Å². The van der Waals surface area contributed by atoms with Crippen molar-refractivity contribution >= 4 is 49.1 Å². The van der Waals surface area contributed by atoms with Crippen LogP contribution in [0, 0.1) is 23.0 Å². The number of halogens is 6. The highest BCUT2D eigenvalue weighted by molar-refractivity contribution is 7.23. The van der Waals surface area contributed by atoms with E-state index in [1.165, 1.54) is 20.0 Å². The first-order valence-electron chi connectivity index (χ1n) is 17.2. The monoisotopic (exact) mass is 765 g/mol. The van der Waals surface area contributed by atoms with Gasteiger partial charge in [-0.25, -0.2) is 13.2 Å². The van der Waals surface area contributed by atoms with Gasteiger partial charge in [-0.1, -0.05) is 6.07 Å². The second kappa shape index (κ2) is 16.7. The Bertz CT molecular complexity index is 1990. The fourth-order valence-corrected chi connectivity index (χ4v) is 8.19. The second-order valence-electron chi connectivity index (χ2n) is 12.9. The normalized spacial score (nSPS) is 19.7. The number of benzene rings is 2. The SMILES string of the molecule is CCNc1nc(OC)nc2c(F)c(-c3ccc(F)c4sc(N)c(C#N)c34)c(C(F)(F)F)cc12.COCC1CCCN1C(C)=O.FC1CC2CCCN2C1. The number of nitrogens with zero attached hydrogens (tertiary/aromatic N) is 5. The van der Waals surface area contributed by atoms with E-state index in [0.717, 1.165) is 50.6 Å². The fraction of sp³-hybridized carbons (Fsp3) is 0.500. The highest BCUT2D eigenvalue weighted by Gasteiger charge is 2.38. The number of amides is 1. The van der Waals surface area contributed by atoms with Crippen LogP contribution in [0.5, 0.6) is 6.01 Å². The van der Waals surface area contributed by atoms with Crippen LogP contribution < -0.4 is 15.8 Å². The van der Waals surface area contributed by atoms with E-state index in [1.807, 2.05) is 4.90 Å². The molecule has 3 N–H and O–H groups in total. The van der Waals surface area contributed by atoms with E-state index in [4.69, 9.17) is 15.2 Å². The molecule has 3 fully saturated rings. The second-order valence-corrected chi connectivity index (χ2v) is 14.0. The molecule has 1 amide bonds. The van der Waals surface area contributed by atoms with Crippen LogP contribution in [0.15, 0.2) is 18.2 Å². The molecule has 5 heterocycles. The maximum Gasteiger partial charge on any atom is 0.417 e. The molecule has 0 aliphatic carbocycles. The molecule has 3 unspecified atom stereocenters. The lowest BCUT2D eigenvalue weighted by atomic mass is 9.92.